The van der Waals surface area contributed by atoms with Gasteiger partial charge in [-0.2, -0.15) is 0 Å². The monoisotopic (exact) mass is 409 g/mol. The normalized spacial score (nSPS) is 15.8. The molecule has 2 rings (SSSR count). The number of amides is 1. The highest BCUT2D eigenvalue weighted by atomic mass is 35.5. The van der Waals surface area contributed by atoms with Gasteiger partial charge in [0.1, 0.15) is 6.54 Å². The smallest absolute Gasteiger partial charge is 0.240 e. The fourth-order valence-corrected chi connectivity index (χ4v) is 3.80. The van der Waals surface area contributed by atoms with E-state index in [0.29, 0.717) is 36.3 Å². The van der Waals surface area contributed by atoms with Gasteiger partial charge in [0, 0.05) is 36.2 Å². The zero-order valence-electron chi connectivity index (χ0n) is 13.9. The lowest BCUT2D eigenvalue weighted by atomic mass is 10.3. The summed E-state index contributed by atoms with van der Waals surface area (Å²) in [5.41, 5.74) is 0.253. The van der Waals surface area contributed by atoms with Crippen LogP contribution in [0.2, 0.25) is 10.0 Å². The molecule has 25 heavy (non-hydrogen) atoms. The van der Waals surface area contributed by atoms with Crippen molar-refractivity contribution in [2.45, 2.75) is 0 Å². The quantitative estimate of drug-likeness (QED) is 0.731. The highest BCUT2D eigenvalue weighted by Crippen LogP contribution is 2.26. The molecule has 140 valence electrons. The lowest BCUT2D eigenvalue weighted by Crippen LogP contribution is -2.44. The Kier molecular flexibility index (Phi) is 7.33. The molecule has 0 aromatic heterocycles. The van der Waals surface area contributed by atoms with Gasteiger partial charge < -0.3 is 10.1 Å². The van der Waals surface area contributed by atoms with Crippen LogP contribution in [0.3, 0.4) is 0 Å². The predicted octanol–water partition coefficient (Wildman–Crippen LogP) is 1.21. The van der Waals surface area contributed by atoms with Gasteiger partial charge in [-0.05, 0) is 18.2 Å². The van der Waals surface area contributed by atoms with Gasteiger partial charge in [0.05, 0.1) is 25.2 Å². The maximum Gasteiger partial charge on any atom is 0.240 e. The van der Waals surface area contributed by atoms with Crippen LogP contribution in [0.1, 0.15) is 0 Å². The van der Waals surface area contributed by atoms with Crippen LogP contribution in [-0.2, 0) is 19.6 Å². The average Bonchev–Trinajstić information content (AvgIpc) is 2.51. The molecule has 1 saturated heterocycles. The number of ether oxygens (including phenoxy) is 1. The van der Waals surface area contributed by atoms with E-state index in [1.165, 1.54) is 18.2 Å². The van der Waals surface area contributed by atoms with E-state index in [2.05, 4.69) is 10.2 Å². The van der Waals surface area contributed by atoms with E-state index in [4.69, 9.17) is 27.9 Å². The summed E-state index contributed by atoms with van der Waals surface area (Å²) in [6, 6.07) is 4.40. The minimum absolute atomic E-state index is 0.253. The Balaban J connectivity index is 1.96. The number of nitrogens with zero attached hydrogens (tertiary/aromatic N) is 2. The van der Waals surface area contributed by atoms with Crippen LogP contribution in [0.25, 0.3) is 0 Å². The molecule has 10 heteroatoms. The van der Waals surface area contributed by atoms with Crippen molar-refractivity contribution in [3.8, 4) is 0 Å². The number of sulfonamides is 1. The summed E-state index contributed by atoms with van der Waals surface area (Å²) >= 11 is 11.9. The Bertz CT molecular complexity index is 688. The molecule has 7 nitrogen and oxygen atoms in total. The second kappa shape index (κ2) is 9.05. The van der Waals surface area contributed by atoms with Crippen molar-refractivity contribution >= 4 is 44.8 Å². The number of hydrogen-bond donors (Lipinski definition) is 1. The molecule has 1 aromatic rings. The van der Waals surface area contributed by atoms with Crippen molar-refractivity contribution in [2.24, 2.45) is 0 Å². The molecule has 1 amide bonds. The van der Waals surface area contributed by atoms with Crippen molar-refractivity contribution in [3.63, 3.8) is 0 Å². The van der Waals surface area contributed by atoms with Crippen molar-refractivity contribution in [3.05, 3.63) is 28.2 Å². The van der Waals surface area contributed by atoms with Crippen LogP contribution in [0.5, 0.6) is 0 Å². The Labute approximate surface area is 157 Å². The molecule has 0 radical (unpaired) electrons. The summed E-state index contributed by atoms with van der Waals surface area (Å²) in [4.78, 5) is 14.3. The lowest BCUT2D eigenvalue weighted by Gasteiger charge is -2.27. The van der Waals surface area contributed by atoms with E-state index in [9.17, 15) is 13.2 Å². The number of halogens is 2. The van der Waals surface area contributed by atoms with Crippen molar-refractivity contribution in [2.75, 3.05) is 56.5 Å². The molecule has 1 fully saturated rings. The molecule has 0 spiro atoms. The number of hydrogen-bond acceptors (Lipinski definition) is 5. The van der Waals surface area contributed by atoms with E-state index >= 15 is 0 Å². The first kappa shape index (κ1) is 20.3. The summed E-state index contributed by atoms with van der Waals surface area (Å²) < 4.78 is 30.3. The van der Waals surface area contributed by atoms with Crippen LogP contribution < -0.4 is 9.62 Å². The molecule has 1 N–H and O–H groups in total. The largest absolute Gasteiger partial charge is 0.379 e. The van der Waals surface area contributed by atoms with Gasteiger partial charge in [0.15, 0.2) is 0 Å². The standard InChI is InChI=1S/C15H21Cl2N3O4S/c1-25(22,23)20(14-9-12(16)8-13(17)10-14)11-15(21)18-2-3-19-4-6-24-7-5-19/h8-10H,2-7,11H2,1H3,(H,18,21). The molecule has 0 bridgehead atoms. The molecule has 1 aliphatic rings. The topological polar surface area (TPSA) is 79.0 Å². The van der Waals surface area contributed by atoms with E-state index in [1.54, 1.807) is 0 Å². The highest BCUT2D eigenvalue weighted by molar-refractivity contribution is 7.92. The zero-order valence-corrected chi connectivity index (χ0v) is 16.2. The Hall–Kier alpha value is -1.06. The molecule has 1 aromatic carbocycles. The molecular weight excluding hydrogens is 389 g/mol. The molecule has 0 unspecified atom stereocenters. The fraction of sp³-hybridized carbons (Fsp3) is 0.533. The molecule has 0 atom stereocenters. The first-order chi connectivity index (χ1) is 11.8. The summed E-state index contributed by atoms with van der Waals surface area (Å²) in [6.07, 6.45) is 1.03. The number of anilines is 1. The SMILES string of the molecule is CS(=O)(=O)N(CC(=O)NCCN1CCOCC1)c1cc(Cl)cc(Cl)c1. The van der Waals surface area contributed by atoms with Crippen LogP contribution in [0.15, 0.2) is 18.2 Å². The summed E-state index contributed by atoms with van der Waals surface area (Å²) in [5, 5.41) is 3.33. The summed E-state index contributed by atoms with van der Waals surface area (Å²) in [5.74, 6) is -0.394. The van der Waals surface area contributed by atoms with Gasteiger partial charge in [0.25, 0.3) is 0 Å². The average molecular weight is 410 g/mol. The van der Waals surface area contributed by atoms with Crippen molar-refractivity contribution < 1.29 is 17.9 Å². The van der Waals surface area contributed by atoms with Gasteiger partial charge >= 0.3 is 0 Å². The first-order valence-corrected chi connectivity index (χ1v) is 10.4. The van der Waals surface area contributed by atoms with E-state index in [-0.39, 0.29) is 12.2 Å². The minimum atomic E-state index is -3.66. The predicted molar refractivity (Wildman–Crippen MR) is 98.9 cm³/mol. The summed E-state index contributed by atoms with van der Waals surface area (Å²) in [7, 11) is -3.66. The zero-order chi connectivity index (χ0) is 18.4. The second-order valence-electron chi connectivity index (χ2n) is 5.70. The van der Waals surface area contributed by atoms with Crippen LogP contribution in [0, 0.1) is 0 Å². The van der Waals surface area contributed by atoms with Crippen LogP contribution in [-0.4, -0.2) is 71.4 Å². The molecule has 0 aliphatic carbocycles. The third-order valence-corrected chi connectivity index (χ3v) is 5.25. The first-order valence-electron chi connectivity index (χ1n) is 7.76. The van der Waals surface area contributed by atoms with Crippen molar-refractivity contribution in [1.82, 2.24) is 10.2 Å². The Morgan fingerprint density at radius 3 is 2.40 bits per heavy atom. The van der Waals surface area contributed by atoms with Gasteiger partial charge in [-0.25, -0.2) is 8.42 Å². The Morgan fingerprint density at radius 2 is 1.84 bits per heavy atom. The van der Waals surface area contributed by atoms with Gasteiger partial charge in [-0.1, -0.05) is 23.2 Å². The number of morpholine rings is 1. The van der Waals surface area contributed by atoms with E-state index < -0.39 is 15.9 Å². The second-order valence-corrected chi connectivity index (χ2v) is 8.48. The highest BCUT2D eigenvalue weighted by Gasteiger charge is 2.21. The maximum atomic E-state index is 12.2. The number of benzene rings is 1. The third kappa shape index (κ3) is 6.63. The summed E-state index contributed by atoms with van der Waals surface area (Å²) in [6.45, 7) is 3.82. The van der Waals surface area contributed by atoms with Gasteiger partial charge in [-0.3, -0.25) is 14.0 Å². The molecule has 1 aliphatic heterocycles. The van der Waals surface area contributed by atoms with Gasteiger partial charge in [-0.15, -0.1) is 0 Å². The molecule has 1 heterocycles. The van der Waals surface area contributed by atoms with Crippen molar-refractivity contribution in [1.29, 1.82) is 0 Å². The van der Waals surface area contributed by atoms with Crippen LogP contribution in [0.4, 0.5) is 5.69 Å². The third-order valence-electron chi connectivity index (χ3n) is 3.68. The fourth-order valence-electron chi connectivity index (χ4n) is 2.45. The van der Waals surface area contributed by atoms with Crippen LogP contribution >= 0.6 is 23.2 Å². The lowest BCUT2D eigenvalue weighted by molar-refractivity contribution is -0.119. The Morgan fingerprint density at radius 1 is 1.24 bits per heavy atom. The van der Waals surface area contributed by atoms with Gasteiger partial charge in [0.2, 0.25) is 15.9 Å². The number of carbonyl (C=O) groups excluding carboxylic acids is 1. The number of carbonyl (C=O) groups is 1. The number of nitrogens with one attached hydrogen (secondary N) is 1. The maximum absolute atomic E-state index is 12.2. The number of rotatable bonds is 7. The molecular formula is C15H21Cl2N3O4S. The minimum Gasteiger partial charge on any atom is -0.379 e. The van der Waals surface area contributed by atoms with E-state index in [1.807, 2.05) is 0 Å². The molecule has 0 saturated carbocycles. The van der Waals surface area contributed by atoms with E-state index in [0.717, 1.165) is 23.7 Å².